The van der Waals surface area contributed by atoms with Gasteiger partial charge in [0.15, 0.2) is 0 Å². The summed E-state index contributed by atoms with van der Waals surface area (Å²) >= 11 is 0. The Morgan fingerprint density at radius 2 is 1.52 bits per heavy atom. The molecule has 0 aliphatic rings. The molecule has 1 aromatic carbocycles. The normalized spacial score (nSPS) is 11.5. The van der Waals surface area contributed by atoms with Crippen LogP contribution in [-0.2, 0) is 14.9 Å². The standard InChI is InChI=1S/C20H31N3O4/c1-19(2,3)15-11-9-14(10-12-15)17(25)23-22-16(24)8-7-13-21-18(26)27-20(4,5)6/h9-12H,7-8,13H2,1-6H3,(H,21,26)(H,22,24)(H,23,25). The minimum absolute atomic E-state index is 0.0105. The van der Waals surface area contributed by atoms with Gasteiger partial charge in [-0.2, -0.15) is 0 Å². The monoisotopic (exact) mass is 377 g/mol. The fourth-order valence-corrected chi connectivity index (χ4v) is 2.14. The van der Waals surface area contributed by atoms with Crippen molar-refractivity contribution in [1.82, 2.24) is 16.2 Å². The highest BCUT2D eigenvalue weighted by Gasteiger charge is 2.16. The van der Waals surface area contributed by atoms with E-state index in [2.05, 4.69) is 36.9 Å². The lowest BCUT2D eigenvalue weighted by atomic mass is 9.87. The minimum atomic E-state index is -0.559. The third-order valence-electron chi connectivity index (χ3n) is 3.58. The molecule has 0 heterocycles. The highest BCUT2D eigenvalue weighted by atomic mass is 16.6. The Labute approximate surface area is 161 Å². The Morgan fingerprint density at radius 1 is 0.926 bits per heavy atom. The summed E-state index contributed by atoms with van der Waals surface area (Å²) in [6, 6.07) is 7.26. The van der Waals surface area contributed by atoms with Gasteiger partial charge in [-0.1, -0.05) is 32.9 Å². The van der Waals surface area contributed by atoms with Gasteiger partial charge in [-0.25, -0.2) is 4.79 Å². The van der Waals surface area contributed by atoms with Gasteiger partial charge in [-0.05, 0) is 50.3 Å². The van der Waals surface area contributed by atoms with Crippen molar-refractivity contribution in [3.63, 3.8) is 0 Å². The number of hydrogen-bond donors (Lipinski definition) is 3. The molecule has 0 aliphatic carbocycles. The molecule has 0 aromatic heterocycles. The number of rotatable bonds is 5. The van der Waals surface area contributed by atoms with Gasteiger partial charge < -0.3 is 10.1 Å². The summed E-state index contributed by atoms with van der Waals surface area (Å²) in [6.07, 6.45) is 0.0789. The van der Waals surface area contributed by atoms with Crippen LogP contribution in [0.2, 0.25) is 0 Å². The number of hydrogen-bond acceptors (Lipinski definition) is 4. The first kappa shape index (κ1) is 22.5. The van der Waals surface area contributed by atoms with Crippen LogP contribution in [0.3, 0.4) is 0 Å². The van der Waals surface area contributed by atoms with E-state index in [1.807, 2.05) is 12.1 Å². The summed E-state index contributed by atoms with van der Waals surface area (Å²) in [5.41, 5.74) is 5.80. The number of nitrogens with one attached hydrogen (secondary N) is 3. The van der Waals surface area contributed by atoms with Gasteiger partial charge in [-0.3, -0.25) is 20.4 Å². The number of alkyl carbamates (subject to hydrolysis) is 1. The number of ether oxygens (including phenoxy) is 1. The van der Waals surface area contributed by atoms with Crippen LogP contribution < -0.4 is 16.2 Å². The molecule has 0 radical (unpaired) electrons. The topological polar surface area (TPSA) is 96.5 Å². The van der Waals surface area contributed by atoms with Crippen LogP contribution in [0.25, 0.3) is 0 Å². The van der Waals surface area contributed by atoms with Crippen molar-refractivity contribution in [2.24, 2.45) is 0 Å². The van der Waals surface area contributed by atoms with Crippen molar-refractivity contribution in [3.8, 4) is 0 Å². The number of carbonyl (C=O) groups is 3. The van der Waals surface area contributed by atoms with Crippen molar-refractivity contribution in [2.75, 3.05) is 6.54 Å². The van der Waals surface area contributed by atoms with E-state index in [1.54, 1.807) is 32.9 Å². The summed E-state index contributed by atoms with van der Waals surface area (Å²) in [7, 11) is 0. The molecule has 0 atom stereocenters. The highest BCUT2D eigenvalue weighted by Crippen LogP contribution is 2.22. The molecule has 1 rings (SSSR count). The second kappa shape index (κ2) is 9.39. The van der Waals surface area contributed by atoms with Crippen molar-refractivity contribution in [1.29, 1.82) is 0 Å². The molecule has 0 saturated heterocycles. The van der Waals surface area contributed by atoms with Gasteiger partial charge in [0.05, 0.1) is 0 Å². The maximum Gasteiger partial charge on any atom is 0.407 e. The lowest BCUT2D eigenvalue weighted by Crippen LogP contribution is -2.41. The molecule has 0 saturated carbocycles. The lowest BCUT2D eigenvalue weighted by Gasteiger charge is -2.19. The third kappa shape index (κ3) is 9.08. The summed E-state index contributed by atoms with van der Waals surface area (Å²) < 4.78 is 5.09. The molecule has 0 unspecified atom stereocenters. The molecule has 1 aromatic rings. The Morgan fingerprint density at radius 3 is 2.04 bits per heavy atom. The van der Waals surface area contributed by atoms with Crippen LogP contribution in [0.5, 0.6) is 0 Å². The van der Waals surface area contributed by atoms with Gasteiger partial charge in [0.1, 0.15) is 5.60 Å². The predicted octanol–water partition coefficient (Wildman–Crippen LogP) is 3.05. The number of benzene rings is 1. The van der Waals surface area contributed by atoms with Crippen LogP contribution in [0.1, 0.15) is 70.3 Å². The summed E-state index contributed by atoms with van der Waals surface area (Å²) in [6.45, 7) is 11.9. The molecular formula is C20H31N3O4. The molecule has 150 valence electrons. The Kier molecular flexibility index (Phi) is 7.82. The van der Waals surface area contributed by atoms with E-state index in [0.29, 0.717) is 18.5 Å². The Balaban J connectivity index is 2.30. The van der Waals surface area contributed by atoms with E-state index in [-0.39, 0.29) is 23.7 Å². The van der Waals surface area contributed by atoms with E-state index < -0.39 is 11.7 Å². The molecule has 7 nitrogen and oxygen atoms in total. The number of amides is 3. The molecule has 0 fully saturated rings. The molecular weight excluding hydrogens is 346 g/mol. The quantitative estimate of drug-likeness (QED) is 0.543. The number of hydrazine groups is 1. The average Bonchev–Trinajstić information content (AvgIpc) is 2.54. The van der Waals surface area contributed by atoms with E-state index >= 15 is 0 Å². The van der Waals surface area contributed by atoms with Crippen molar-refractivity contribution in [2.45, 2.75) is 65.4 Å². The number of carbonyl (C=O) groups excluding carboxylic acids is 3. The molecule has 0 bridgehead atoms. The van der Waals surface area contributed by atoms with E-state index in [9.17, 15) is 14.4 Å². The van der Waals surface area contributed by atoms with E-state index in [1.165, 1.54) is 0 Å². The van der Waals surface area contributed by atoms with Crippen LogP contribution in [-0.4, -0.2) is 30.1 Å². The van der Waals surface area contributed by atoms with Gasteiger partial charge in [0.25, 0.3) is 5.91 Å². The highest BCUT2D eigenvalue weighted by molar-refractivity contribution is 5.95. The van der Waals surface area contributed by atoms with Crippen LogP contribution in [0, 0.1) is 0 Å². The van der Waals surface area contributed by atoms with E-state index in [0.717, 1.165) is 5.56 Å². The van der Waals surface area contributed by atoms with Crippen molar-refractivity contribution >= 4 is 17.9 Å². The maximum atomic E-state index is 12.1. The molecule has 0 spiro atoms. The Bertz CT molecular complexity index is 655. The first-order valence-corrected chi connectivity index (χ1v) is 9.05. The summed E-state index contributed by atoms with van der Waals surface area (Å²) in [5.74, 6) is -0.712. The molecule has 3 N–H and O–H groups in total. The van der Waals surface area contributed by atoms with Crippen LogP contribution in [0.4, 0.5) is 4.79 Å². The van der Waals surface area contributed by atoms with Gasteiger partial charge in [-0.15, -0.1) is 0 Å². The fraction of sp³-hybridized carbons (Fsp3) is 0.550. The average molecular weight is 377 g/mol. The largest absolute Gasteiger partial charge is 0.444 e. The van der Waals surface area contributed by atoms with Crippen LogP contribution in [0.15, 0.2) is 24.3 Å². The minimum Gasteiger partial charge on any atom is -0.444 e. The summed E-state index contributed by atoms with van der Waals surface area (Å²) in [4.78, 5) is 35.3. The van der Waals surface area contributed by atoms with Crippen molar-refractivity contribution < 1.29 is 19.1 Å². The molecule has 0 aliphatic heterocycles. The Hall–Kier alpha value is -2.57. The fourth-order valence-electron chi connectivity index (χ4n) is 2.14. The second-order valence-electron chi connectivity index (χ2n) is 8.36. The zero-order valence-electron chi connectivity index (χ0n) is 17.1. The SMILES string of the molecule is CC(C)(C)OC(=O)NCCCC(=O)NNC(=O)c1ccc(C(C)(C)C)cc1. The molecule has 3 amide bonds. The maximum absolute atomic E-state index is 12.1. The smallest absolute Gasteiger partial charge is 0.407 e. The molecule has 27 heavy (non-hydrogen) atoms. The summed E-state index contributed by atoms with van der Waals surface area (Å²) in [5, 5.41) is 2.57. The zero-order valence-corrected chi connectivity index (χ0v) is 17.1. The first-order chi connectivity index (χ1) is 12.4. The van der Waals surface area contributed by atoms with Gasteiger partial charge in [0.2, 0.25) is 5.91 Å². The second-order valence-corrected chi connectivity index (χ2v) is 8.36. The van der Waals surface area contributed by atoms with Gasteiger partial charge >= 0.3 is 6.09 Å². The lowest BCUT2D eigenvalue weighted by molar-refractivity contribution is -0.121. The van der Waals surface area contributed by atoms with E-state index in [4.69, 9.17) is 4.74 Å². The van der Waals surface area contributed by atoms with Crippen LogP contribution >= 0.6 is 0 Å². The molecule has 7 heteroatoms. The van der Waals surface area contributed by atoms with Crippen molar-refractivity contribution in [3.05, 3.63) is 35.4 Å². The third-order valence-corrected chi connectivity index (χ3v) is 3.58. The zero-order chi connectivity index (χ0) is 20.7. The first-order valence-electron chi connectivity index (χ1n) is 9.05. The van der Waals surface area contributed by atoms with Gasteiger partial charge in [0, 0.05) is 18.5 Å². The predicted molar refractivity (Wildman–Crippen MR) is 104 cm³/mol.